The zero-order chi connectivity index (χ0) is 20.4. The molecule has 1 atom stereocenters. The Morgan fingerprint density at radius 3 is 2.83 bits per heavy atom. The first kappa shape index (κ1) is 20.7. The largest absolute Gasteiger partial charge is 0.369 e. The average Bonchev–Trinajstić information content (AvgIpc) is 3.10. The van der Waals surface area contributed by atoms with Gasteiger partial charge in [-0.1, -0.05) is 48.6 Å². The Bertz CT molecular complexity index is 1040. The number of nitrogens with one attached hydrogen (secondary N) is 1. The van der Waals surface area contributed by atoms with Crippen molar-refractivity contribution in [1.82, 2.24) is 9.97 Å². The van der Waals surface area contributed by atoms with Crippen molar-refractivity contribution in [2.75, 3.05) is 17.3 Å². The zero-order valence-corrected chi connectivity index (χ0v) is 19.1. The molecule has 2 aromatic heterocycles. The van der Waals surface area contributed by atoms with Crippen LogP contribution in [0.4, 0.5) is 5.69 Å². The van der Waals surface area contributed by atoms with Crippen LogP contribution in [0.3, 0.4) is 0 Å². The number of thiophene rings is 1. The Kier molecular flexibility index (Phi) is 6.15. The lowest BCUT2D eigenvalue weighted by atomic mass is 9.90. The number of carbonyl (C=O) groups is 1. The molecule has 1 N–H and O–H groups in total. The third-order valence-corrected chi connectivity index (χ3v) is 7.73. The highest BCUT2D eigenvalue weighted by Crippen LogP contribution is 2.43. The number of rotatable bonds is 6. The summed E-state index contributed by atoms with van der Waals surface area (Å²) in [5.74, 6) is 0.269. The molecule has 0 spiro atoms. The van der Waals surface area contributed by atoms with Crippen molar-refractivity contribution >= 4 is 56.7 Å². The van der Waals surface area contributed by atoms with E-state index in [1.165, 1.54) is 34.0 Å². The van der Waals surface area contributed by atoms with Gasteiger partial charge in [-0.25, -0.2) is 9.97 Å². The molecular weight excluding hydrogens is 422 g/mol. The number of aromatic nitrogens is 2. The van der Waals surface area contributed by atoms with Crippen LogP contribution in [0.5, 0.6) is 0 Å². The fourth-order valence-corrected chi connectivity index (χ4v) is 5.80. The van der Waals surface area contributed by atoms with Crippen molar-refractivity contribution in [3.63, 3.8) is 0 Å². The molecule has 1 aliphatic rings. The van der Waals surface area contributed by atoms with E-state index in [0.717, 1.165) is 38.9 Å². The van der Waals surface area contributed by atoms with Crippen molar-refractivity contribution in [2.45, 2.75) is 49.1 Å². The number of fused-ring (bicyclic) bond motifs is 3. The van der Waals surface area contributed by atoms with E-state index >= 15 is 0 Å². The van der Waals surface area contributed by atoms with Gasteiger partial charge in [0.1, 0.15) is 9.86 Å². The number of ether oxygens (including phenoxy) is 1. The van der Waals surface area contributed by atoms with Crippen LogP contribution in [0, 0.1) is 0 Å². The molecule has 3 aromatic rings. The third-order valence-electron chi connectivity index (χ3n) is 5.11. The van der Waals surface area contributed by atoms with Crippen molar-refractivity contribution in [3.05, 3.63) is 40.8 Å². The maximum Gasteiger partial charge on any atom is 0.234 e. The van der Waals surface area contributed by atoms with E-state index in [9.17, 15) is 4.79 Å². The Morgan fingerprint density at radius 2 is 2.10 bits per heavy atom. The van der Waals surface area contributed by atoms with Gasteiger partial charge in [0.2, 0.25) is 5.91 Å². The molecule has 0 saturated heterocycles. The van der Waals surface area contributed by atoms with Crippen LogP contribution < -0.4 is 5.32 Å². The highest BCUT2D eigenvalue weighted by atomic mass is 32.2. The Labute approximate surface area is 183 Å². The molecule has 1 amide bonds. The molecule has 0 saturated carbocycles. The summed E-state index contributed by atoms with van der Waals surface area (Å²) >= 11 is 4.69. The van der Waals surface area contributed by atoms with Crippen molar-refractivity contribution in [2.24, 2.45) is 0 Å². The molecule has 4 rings (SSSR count). The number of amides is 1. The van der Waals surface area contributed by atoms with E-state index in [4.69, 9.17) is 14.7 Å². The average molecular weight is 446 g/mol. The maximum atomic E-state index is 12.5. The molecule has 1 aromatic carbocycles. The van der Waals surface area contributed by atoms with Crippen LogP contribution in [-0.2, 0) is 22.6 Å². The number of anilines is 1. The molecule has 0 aliphatic carbocycles. The van der Waals surface area contributed by atoms with Crippen LogP contribution in [0.2, 0.25) is 0 Å². The monoisotopic (exact) mass is 445 g/mol. The standard InChI is InChI=1S/C21H23N3O2S3/c1-4-21(2)10-14-15(11-26-21)29-19-17(14)18(23-20(24-19)27-3)28-12-16(25)22-13-8-6-5-7-9-13/h5-9H,4,10-12H2,1-3H3,(H,22,25)/t21-/m1/s1. The number of hydrogen-bond donors (Lipinski definition) is 1. The molecule has 1 aliphatic heterocycles. The smallest absolute Gasteiger partial charge is 0.234 e. The highest BCUT2D eigenvalue weighted by molar-refractivity contribution is 8.00. The minimum atomic E-state index is -0.161. The second kappa shape index (κ2) is 8.63. The third kappa shape index (κ3) is 4.45. The fraction of sp³-hybridized carbons (Fsp3) is 0.381. The molecule has 29 heavy (non-hydrogen) atoms. The van der Waals surface area contributed by atoms with Crippen molar-refractivity contribution in [1.29, 1.82) is 0 Å². The summed E-state index contributed by atoms with van der Waals surface area (Å²) in [6, 6.07) is 9.52. The van der Waals surface area contributed by atoms with Gasteiger partial charge < -0.3 is 10.1 Å². The molecule has 0 radical (unpaired) electrons. The lowest BCUT2D eigenvalue weighted by Crippen LogP contribution is -2.33. The van der Waals surface area contributed by atoms with Crippen molar-refractivity contribution in [3.8, 4) is 0 Å². The van der Waals surface area contributed by atoms with E-state index in [1.807, 2.05) is 36.6 Å². The summed E-state index contributed by atoms with van der Waals surface area (Å²) in [6.07, 6.45) is 3.78. The Morgan fingerprint density at radius 1 is 1.31 bits per heavy atom. The first-order chi connectivity index (χ1) is 14.0. The number of hydrogen-bond acceptors (Lipinski definition) is 7. The second-order valence-electron chi connectivity index (χ2n) is 7.17. The first-order valence-corrected chi connectivity index (χ1v) is 12.5. The lowest BCUT2D eigenvalue weighted by Gasteiger charge is -2.33. The van der Waals surface area contributed by atoms with Gasteiger partial charge in [-0.3, -0.25) is 4.79 Å². The molecule has 152 valence electrons. The summed E-state index contributed by atoms with van der Waals surface area (Å²) in [4.78, 5) is 24.2. The summed E-state index contributed by atoms with van der Waals surface area (Å²) < 4.78 is 6.12. The number of carbonyl (C=O) groups excluding carboxylic acids is 1. The van der Waals surface area contributed by atoms with E-state index in [-0.39, 0.29) is 11.5 Å². The van der Waals surface area contributed by atoms with Crippen LogP contribution in [0.1, 0.15) is 30.7 Å². The van der Waals surface area contributed by atoms with Gasteiger partial charge in [0.25, 0.3) is 0 Å². The van der Waals surface area contributed by atoms with Crippen LogP contribution in [-0.4, -0.2) is 33.5 Å². The number of nitrogens with zero attached hydrogens (tertiary/aromatic N) is 2. The van der Waals surface area contributed by atoms with Gasteiger partial charge >= 0.3 is 0 Å². The summed E-state index contributed by atoms with van der Waals surface area (Å²) in [7, 11) is 0. The molecule has 3 heterocycles. The molecular formula is C21H23N3O2S3. The van der Waals surface area contributed by atoms with Gasteiger partial charge in [0, 0.05) is 22.4 Å². The van der Waals surface area contributed by atoms with Gasteiger partial charge in [-0.05, 0) is 37.3 Å². The van der Waals surface area contributed by atoms with Gasteiger partial charge in [-0.2, -0.15) is 0 Å². The molecule has 8 heteroatoms. The van der Waals surface area contributed by atoms with Crippen LogP contribution >= 0.6 is 34.9 Å². The van der Waals surface area contributed by atoms with E-state index in [1.54, 1.807) is 11.3 Å². The predicted octanol–water partition coefficient (Wildman–Crippen LogP) is 5.39. The van der Waals surface area contributed by atoms with E-state index in [0.29, 0.717) is 12.4 Å². The second-order valence-corrected chi connectivity index (χ2v) is 9.99. The van der Waals surface area contributed by atoms with Crippen LogP contribution in [0.25, 0.3) is 10.2 Å². The topological polar surface area (TPSA) is 64.1 Å². The first-order valence-electron chi connectivity index (χ1n) is 9.49. The number of para-hydroxylation sites is 1. The molecule has 0 fully saturated rings. The quantitative estimate of drug-likeness (QED) is 0.312. The number of benzene rings is 1. The maximum absolute atomic E-state index is 12.5. The van der Waals surface area contributed by atoms with Gasteiger partial charge in [0.15, 0.2) is 5.16 Å². The van der Waals surface area contributed by atoms with Gasteiger partial charge in [0.05, 0.1) is 18.0 Å². The van der Waals surface area contributed by atoms with Gasteiger partial charge in [-0.15, -0.1) is 11.3 Å². The fourth-order valence-electron chi connectivity index (χ4n) is 3.30. The molecule has 0 unspecified atom stereocenters. The van der Waals surface area contributed by atoms with E-state index in [2.05, 4.69) is 19.2 Å². The Balaban J connectivity index is 1.62. The molecule has 5 nitrogen and oxygen atoms in total. The number of thioether (sulfide) groups is 2. The zero-order valence-electron chi connectivity index (χ0n) is 16.7. The minimum absolute atomic E-state index is 0.0375. The predicted molar refractivity (Wildman–Crippen MR) is 122 cm³/mol. The molecule has 0 bridgehead atoms. The summed E-state index contributed by atoms with van der Waals surface area (Å²) in [6.45, 7) is 4.94. The van der Waals surface area contributed by atoms with E-state index < -0.39 is 0 Å². The summed E-state index contributed by atoms with van der Waals surface area (Å²) in [5, 5.41) is 5.67. The lowest BCUT2D eigenvalue weighted by molar-refractivity contribution is -0.113. The normalized spacial score (nSPS) is 18.6. The van der Waals surface area contributed by atoms with Crippen LogP contribution in [0.15, 0.2) is 40.5 Å². The van der Waals surface area contributed by atoms with Crippen molar-refractivity contribution < 1.29 is 9.53 Å². The minimum Gasteiger partial charge on any atom is -0.369 e. The SMILES string of the molecule is CC[C@]1(C)Cc2c(sc3nc(SC)nc(SCC(=O)Nc4ccccc4)c23)CO1. The summed E-state index contributed by atoms with van der Waals surface area (Å²) in [5.41, 5.74) is 1.94. The highest BCUT2D eigenvalue weighted by Gasteiger charge is 2.33. The Hall–Kier alpha value is -1.61.